The van der Waals surface area contributed by atoms with Gasteiger partial charge in [0, 0.05) is 0 Å². The van der Waals surface area contributed by atoms with Crippen molar-refractivity contribution in [3.63, 3.8) is 0 Å². The maximum Gasteiger partial charge on any atom is 0.201 e. The number of aromatic nitrogens is 1. The third-order valence-corrected chi connectivity index (χ3v) is 1.53. The molecule has 1 aromatic heterocycles. The second-order valence-electron chi connectivity index (χ2n) is 1.41. The normalized spacial score (nSPS) is 9.75. The van der Waals surface area contributed by atoms with Crippen LogP contribution in [0.2, 0.25) is 0 Å². The molecule has 0 aliphatic heterocycles. The molecule has 4 heteroatoms. The van der Waals surface area contributed by atoms with Crippen LogP contribution >= 0.6 is 11.3 Å². The molecular weight excluding hydrogens is 127 g/mol. The maximum atomic E-state index is 12.2. The molecule has 2 N–H and O–H groups in total. The van der Waals surface area contributed by atoms with E-state index in [0.29, 0.717) is 10.8 Å². The van der Waals surface area contributed by atoms with E-state index in [1.165, 1.54) is 0 Å². The van der Waals surface area contributed by atoms with Crippen molar-refractivity contribution in [1.29, 1.82) is 0 Å². The standard InChI is InChI=1S/C4H5FN2S/c1-2-3(5)8-4(6)7-2/h1H3,(H2,6,7). The highest BCUT2D eigenvalue weighted by molar-refractivity contribution is 7.13. The van der Waals surface area contributed by atoms with Crippen LogP contribution in [0, 0.1) is 12.1 Å². The van der Waals surface area contributed by atoms with Crippen LogP contribution in [0.25, 0.3) is 0 Å². The zero-order valence-electron chi connectivity index (χ0n) is 4.31. The van der Waals surface area contributed by atoms with E-state index in [9.17, 15) is 4.39 Å². The molecule has 1 rings (SSSR count). The molecule has 0 amide bonds. The predicted molar refractivity (Wildman–Crippen MR) is 31.2 cm³/mol. The van der Waals surface area contributed by atoms with Crippen LogP contribution in [-0.2, 0) is 0 Å². The number of hydrogen-bond acceptors (Lipinski definition) is 3. The number of nitrogen functional groups attached to an aromatic ring is 1. The highest BCUT2D eigenvalue weighted by Gasteiger charge is 2.00. The highest BCUT2D eigenvalue weighted by atomic mass is 32.1. The lowest BCUT2D eigenvalue weighted by Crippen LogP contribution is -1.80. The second kappa shape index (κ2) is 1.70. The fourth-order valence-corrected chi connectivity index (χ4v) is 0.957. The Labute approximate surface area is 50.2 Å². The van der Waals surface area contributed by atoms with Gasteiger partial charge in [-0.25, -0.2) is 4.98 Å². The zero-order chi connectivity index (χ0) is 6.15. The lowest BCUT2D eigenvalue weighted by molar-refractivity contribution is 0.643. The zero-order valence-corrected chi connectivity index (χ0v) is 5.13. The van der Waals surface area contributed by atoms with Gasteiger partial charge in [0.1, 0.15) is 0 Å². The van der Waals surface area contributed by atoms with E-state index in [4.69, 9.17) is 5.73 Å². The molecule has 0 bridgehead atoms. The van der Waals surface area contributed by atoms with Gasteiger partial charge in [0.25, 0.3) is 0 Å². The van der Waals surface area contributed by atoms with Crippen molar-refractivity contribution in [2.45, 2.75) is 6.92 Å². The topological polar surface area (TPSA) is 38.9 Å². The van der Waals surface area contributed by atoms with E-state index >= 15 is 0 Å². The molecule has 0 fully saturated rings. The van der Waals surface area contributed by atoms with Crippen LogP contribution in [0.3, 0.4) is 0 Å². The number of nitrogens with zero attached hydrogens (tertiary/aromatic N) is 1. The number of aryl methyl sites for hydroxylation is 1. The van der Waals surface area contributed by atoms with Crippen molar-refractivity contribution in [2.75, 3.05) is 5.73 Å². The summed E-state index contributed by atoms with van der Waals surface area (Å²) in [6.45, 7) is 1.59. The molecule has 0 radical (unpaired) electrons. The Morgan fingerprint density at radius 2 is 2.38 bits per heavy atom. The Balaban J connectivity index is 3.14. The van der Waals surface area contributed by atoms with E-state index in [2.05, 4.69) is 4.98 Å². The summed E-state index contributed by atoms with van der Waals surface area (Å²) in [5.74, 6) is 0. The van der Waals surface area contributed by atoms with E-state index < -0.39 is 0 Å². The smallest absolute Gasteiger partial charge is 0.201 e. The molecule has 0 aromatic carbocycles. The van der Waals surface area contributed by atoms with Crippen molar-refractivity contribution in [3.05, 3.63) is 10.8 Å². The number of hydrogen-bond donors (Lipinski definition) is 1. The Bertz CT molecular complexity index is 176. The molecule has 0 saturated heterocycles. The van der Waals surface area contributed by atoms with Gasteiger partial charge >= 0.3 is 0 Å². The third-order valence-electron chi connectivity index (χ3n) is 0.757. The lowest BCUT2D eigenvalue weighted by atomic mass is 10.6. The largest absolute Gasteiger partial charge is 0.375 e. The first kappa shape index (κ1) is 5.50. The summed E-state index contributed by atoms with van der Waals surface area (Å²) in [6, 6.07) is 0. The van der Waals surface area contributed by atoms with E-state index in [0.717, 1.165) is 11.3 Å². The minimum absolute atomic E-state index is 0.289. The van der Waals surface area contributed by atoms with Crippen molar-refractivity contribution in [1.82, 2.24) is 4.98 Å². The SMILES string of the molecule is Cc1nc(N)sc1F. The number of nitrogens with two attached hydrogens (primary N) is 1. The summed E-state index contributed by atoms with van der Waals surface area (Å²) in [5.41, 5.74) is 5.53. The molecule has 0 saturated carbocycles. The third kappa shape index (κ3) is 0.790. The average Bonchev–Trinajstić information content (AvgIpc) is 1.85. The van der Waals surface area contributed by atoms with E-state index in [1.54, 1.807) is 6.92 Å². The van der Waals surface area contributed by atoms with E-state index in [1.807, 2.05) is 0 Å². The molecule has 0 unspecified atom stereocenters. The minimum Gasteiger partial charge on any atom is -0.375 e. The predicted octanol–water partition coefficient (Wildman–Crippen LogP) is 1.17. The number of halogens is 1. The number of rotatable bonds is 0. The summed E-state index contributed by atoms with van der Waals surface area (Å²) in [4.78, 5) is 3.63. The van der Waals surface area contributed by atoms with Gasteiger partial charge in [0.15, 0.2) is 5.13 Å². The number of thiazole rings is 1. The van der Waals surface area contributed by atoms with Crippen molar-refractivity contribution >= 4 is 16.5 Å². The molecule has 1 heterocycles. The molecular formula is C4H5FN2S. The Morgan fingerprint density at radius 1 is 1.75 bits per heavy atom. The van der Waals surface area contributed by atoms with Gasteiger partial charge in [-0.05, 0) is 6.92 Å². The summed E-state index contributed by atoms with van der Waals surface area (Å²) in [6.07, 6.45) is 0. The Kier molecular flexibility index (Phi) is 1.17. The number of anilines is 1. The van der Waals surface area contributed by atoms with Crippen molar-refractivity contribution in [2.24, 2.45) is 0 Å². The lowest BCUT2D eigenvalue weighted by Gasteiger charge is -1.73. The van der Waals surface area contributed by atoms with Gasteiger partial charge < -0.3 is 5.73 Å². The van der Waals surface area contributed by atoms with Crippen LogP contribution in [0.15, 0.2) is 0 Å². The summed E-state index contributed by atoms with van der Waals surface area (Å²) in [5, 5.41) is 0.00231. The first-order valence-electron chi connectivity index (χ1n) is 2.08. The van der Waals surface area contributed by atoms with Crippen LogP contribution in [-0.4, -0.2) is 4.98 Å². The monoisotopic (exact) mass is 132 g/mol. The second-order valence-corrected chi connectivity index (χ2v) is 2.39. The van der Waals surface area contributed by atoms with E-state index in [-0.39, 0.29) is 5.13 Å². The summed E-state index contributed by atoms with van der Waals surface area (Å²) >= 11 is 0.869. The molecule has 44 valence electrons. The van der Waals surface area contributed by atoms with Crippen LogP contribution in [0.5, 0.6) is 0 Å². The van der Waals surface area contributed by atoms with Crippen molar-refractivity contribution < 1.29 is 4.39 Å². The Hall–Kier alpha value is -0.640. The summed E-state index contributed by atoms with van der Waals surface area (Å²) < 4.78 is 12.2. The molecule has 2 nitrogen and oxygen atoms in total. The average molecular weight is 132 g/mol. The Morgan fingerprint density at radius 3 is 2.50 bits per heavy atom. The summed E-state index contributed by atoms with van der Waals surface area (Å²) in [7, 11) is 0. The first-order valence-corrected chi connectivity index (χ1v) is 2.90. The van der Waals surface area contributed by atoms with Gasteiger partial charge in [0.2, 0.25) is 5.13 Å². The maximum absolute atomic E-state index is 12.2. The first-order chi connectivity index (χ1) is 3.70. The molecule has 0 aliphatic carbocycles. The minimum atomic E-state index is -0.289. The molecule has 8 heavy (non-hydrogen) atoms. The van der Waals surface area contributed by atoms with Gasteiger partial charge in [-0.2, -0.15) is 4.39 Å². The molecule has 0 spiro atoms. The quantitative estimate of drug-likeness (QED) is 0.575. The fourth-order valence-electron chi connectivity index (χ4n) is 0.398. The van der Waals surface area contributed by atoms with Crippen LogP contribution < -0.4 is 5.73 Å². The van der Waals surface area contributed by atoms with Crippen molar-refractivity contribution in [3.8, 4) is 0 Å². The van der Waals surface area contributed by atoms with Gasteiger partial charge in [-0.1, -0.05) is 11.3 Å². The fraction of sp³-hybridized carbons (Fsp3) is 0.250. The van der Waals surface area contributed by atoms with Crippen LogP contribution in [0.4, 0.5) is 9.52 Å². The molecule has 0 atom stereocenters. The van der Waals surface area contributed by atoms with Gasteiger partial charge in [0.05, 0.1) is 5.69 Å². The highest BCUT2D eigenvalue weighted by Crippen LogP contribution is 2.16. The van der Waals surface area contributed by atoms with Gasteiger partial charge in [-0.15, -0.1) is 0 Å². The van der Waals surface area contributed by atoms with Gasteiger partial charge in [-0.3, -0.25) is 0 Å². The molecule has 1 aromatic rings. The van der Waals surface area contributed by atoms with Crippen LogP contribution in [0.1, 0.15) is 5.69 Å². The molecule has 0 aliphatic rings.